The SMILES string of the molecule is O=c1cc(Cn2ccc(C(F)(F)F)n2)nc2sc3c(n12)C(CO)CC3. The summed E-state index contributed by atoms with van der Waals surface area (Å²) in [6, 6.07) is 2.19. The lowest BCUT2D eigenvalue weighted by molar-refractivity contribution is -0.141. The molecule has 0 radical (unpaired) electrons. The molecule has 1 aliphatic carbocycles. The summed E-state index contributed by atoms with van der Waals surface area (Å²) in [5.41, 5.74) is -0.112. The third kappa shape index (κ3) is 2.74. The molecular weight excluding hydrogens is 357 g/mol. The van der Waals surface area contributed by atoms with E-state index >= 15 is 0 Å². The Labute approximate surface area is 143 Å². The molecule has 0 bridgehead atoms. The molecule has 3 heterocycles. The number of thiazole rings is 1. The monoisotopic (exact) mass is 370 g/mol. The van der Waals surface area contributed by atoms with E-state index in [1.165, 1.54) is 28.0 Å². The minimum absolute atomic E-state index is 0.0200. The molecule has 4 rings (SSSR count). The smallest absolute Gasteiger partial charge is 0.396 e. The van der Waals surface area contributed by atoms with Crippen LogP contribution in [0.3, 0.4) is 0 Å². The van der Waals surface area contributed by atoms with E-state index in [-0.39, 0.29) is 24.6 Å². The summed E-state index contributed by atoms with van der Waals surface area (Å²) in [5, 5.41) is 12.9. The average Bonchev–Trinajstić information content (AvgIpc) is 3.20. The van der Waals surface area contributed by atoms with Crippen LogP contribution in [0.2, 0.25) is 0 Å². The van der Waals surface area contributed by atoms with E-state index in [2.05, 4.69) is 10.1 Å². The Kier molecular flexibility index (Phi) is 3.69. The molecule has 0 saturated heterocycles. The molecule has 132 valence electrons. The van der Waals surface area contributed by atoms with E-state index in [1.807, 2.05) is 0 Å². The lowest BCUT2D eigenvalue weighted by Gasteiger charge is -2.08. The summed E-state index contributed by atoms with van der Waals surface area (Å²) < 4.78 is 40.4. The van der Waals surface area contributed by atoms with Crippen molar-refractivity contribution in [2.75, 3.05) is 6.61 Å². The molecule has 0 spiro atoms. The number of hydrogen-bond acceptors (Lipinski definition) is 5. The standard InChI is InChI=1S/C15H13F3N4O2S/c16-15(17,18)11-3-4-21(20-11)6-9-5-12(24)22-13-8(7-23)1-2-10(13)25-14(22)19-9/h3-5,8,23H,1-2,6-7H2. The molecule has 25 heavy (non-hydrogen) atoms. The van der Waals surface area contributed by atoms with Crippen molar-refractivity contribution in [1.29, 1.82) is 0 Å². The molecule has 0 aromatic carbocycles. The number of alkyl halides is 3. The van der Waals surface area contributed by atoms with Gasteiger partial charge in [-0.05, 0) is 18.9 Å². The van der Waals surface area contributed by atoms with E-state index in [0.29, 0.717) is 10.7 Å². The van der Waals surface area contributed by atoms with Gasteiger partial charge in [0.1, 0.15) is 0 Å². The maximum absolute atomic E-state index is 12.6. The fourth-order valence-corrected chi connectivity index (χ4v) is 4.39. The fraction of sp³-hybridized carbons (Fsp3) is 0.400. The number of aliphatic hydroxyl groups excluding tert-OH is 1. The van der Waals surface area contributed by atoms with Crippen molar-refractivity contribution >= 4 is 16.3 Å². The van der Waals surface area contributed by atoms with Gasteiger partial charge in [0.2, 0.25) is 0 Å². The van der Waals surface area contributed by atoms with Crippen molar-refractivity contribution in [3.8, 4) is 0 Å². The minimum Gasteiger partial charge on any atom is -0.396 e. The highest BCUT2D eigenvalue weighted by atomic mass is 32.1. The number of aryl methyl sites for hydroxylation is 1. The maximum Gasteiger partial charge on any atom is 0.435 e. The molecule has 3 aromatic rings. The molecule has 0 saturated carbocycles. The summed E-state index contributed by atoms with van der Waals surface area (Å²) in [6.07, 6.45) is -1.70. The third-order valence-electron chi connectivity index (χ3n) is 4.26. The lowest BCUT2D eigenvalue weighted by atomic mass is 10.1. The molecule has 1 N–H and O–H groups in total. The van der Waals surface area contributed by atoms with Crippen LogP contribution in [0, 0.1) is 0 Å². The minimum atomic E-state index is -4.50. The van der Waals surface area contributed by atoms with Gasteiger partial charge in [-0.25, -0.2) is 4.98 Å². The number of hydrogen-bond donors (Lipinski definition) is 1. The molecule has 3 aromatic heterocycles. The largest absolute Gasteiger partial charge is 0.435 e. The predicted molar refractivity (Wildman–Crippen MR) is 83.8 cm³/mol. The molecular formula is C15H13F3N4O2S. The van der Waals surface area contributed by atoms with E-state index < -0.39 is 11.9 Å². The van der Waals surface area contributed by atoms with E-state index in [9.17, 15) is 23.1 Å². The van der Waals surface area contributed by atoms with Crippen molar-refractivity contribution in [2.45, 2.75) is 31.5 Å². The molecule has 0 amide bonds. The first kappa shape index (κ1) is 16.3. The molecule has 10 heteroatoms. The first-order chi connectivity index (χ1) is 11.9. The van der Waals surface area contributed by atoms with Crippen LogP contribution >= 0.6 is 11.3 Å². The summed E-state index contributed by atoms with van der Waals surface area (Å²) in [7, 11) is 0. The van der Waals surface area contributed by atoms with Gasteiger partial charge in [0, 0.05) is 28.8 Å². The number of rotatable bonds is 3. The van der Waals surface area contributed by atoms with Crippen LogP contribution in [0.5, 0.6) is 0 Å². The summed E-state index contributed by atoms with van der Waals surface area (Å²) >= 11 is 1.38. The highest BCUT2D eigenvalue weighted by Crippen LogP contribution is 2.37. The first-order valence-electron chi connectivity index (χ1n) is 7.62. The van der Waals surface area contributed by atoms with E-state index in [4.69, 9.17) is 0 Å². The lowest BCUT2D eigenvalue weighted by Crippen LogP contribution is -2.19. The number of fused-ring (bicyclic) bond motifs is 3. The normalized spacial score (nSPS) is 17.4. The van der Waals surface area contributed by atoms with Crippen molar-refractivity contribution in [3.05, 3.63) is 50.6 Å². The zero-order valence-corrected chi connectivity index (χ0v) is 13.6. The molecule has 1 unspecified atom stereocenters. The van der Waals surface area contributed by atoms with Crippen molar-refractivity contribution in [3.63, 3.8) is 0 Å². The maximum atomic E-state index is 12.6. The Morgan fingerprint density at radius 1 is 1.40 bits per heavy atom. The zero-order valence-electron chi connectivity index (χ0n) is 12.8. The van der Waals surface area contributed by atoms with Crippen LogP contribution < -0.4 is 5.56 Å². The summed E-state index contributed by atoms with van der Waals surface area (Å²) in [5.74, 6) is -0.0745. The number of halogens is 3. The Morgan fingerprint density at radius 2 is 2.20 bits per heavy atom. The van der Waals surface area contributed by atoms with Crippen LogP contribution in [0.15, 0.2) is 23.1 Å². The van der Waals surface area contributed by atoms with Crippen molar-refractivity contribution in [1.82, 2.24) is 19.2 Å². The van der Waals surface area contributed by atoms with Crippen LogP contribution in [0.25, 0.3) is 4.96 Å². The Bertz CT molecular complexity index is 1000. The summed E-state index contributed by atoms with van der Waals surface area (Å²) in [4.78, 5) is 18.4. The highest BCUT2D eigenvalue weighted by Gasteiger charge is 2.33. The van der Waals surface area contributed by atoms with Crippen LogP contribution in [0.4, 0.5) is 13.2 Å². The van der Waals surface area contributed by atoms with Gasteiger partial charge in [-0.1, -0.05) is 0 Å². The number of aromatic nitrogens is 4. The topological polar surface area (TPSA) is 72.4 Å². The van der Waals surface area contributed by atoms with Crippen LogP contribution in [0.1, 0.15) is 34.3 Å². The fourth-order valence-electron chi connectivity index (χ4n) is 3.14. The average molecular weight is 370 g/mol. The highest BCUT2D eigenvalue weighted by molar-refractivity contribution is 7.17. The molecule has 0 fully saturated rings. The van der Waals surface area contributed by atoms with Gasteiger partial charge in [0.05, 0.1) is 18.8 Å². The molecule has 1 atom stereocenters. The second-order valence-electron chi connectivity index (χ2n) is 5.93. The van der Waals surface area contributed by atoms with Crippen LogP contribution in [-0.4, -0.2) is 30.9 Å². The van der Waals surface area contributed by atoms with Gasteiger partial charge in [0.15, 0.2) is 10.7 Å². The van der Waals surface area contributed by atoms with Gasteiger partial charge in [-0.2, -0.15) is 18.3 Å². The van der Waals surface area contributed by atoms with Crippen molar-refractivity contribution in [2.24, 2.45) is 0 Å². The van der Waals surface area contributed by atoms with Gasteiger partial charge in [-0.3, -0.25) is 13.9 Å². The third-order valence-corrected chi connectivity index (χ3v) is 5.38. The Hall–Kier alpha value is -2.20. The molecule has 0 aliphatic heterocycles. The zero-order chi connectivity index (χ0) is 17.8. The predicted octanol–water partition coefficient (Wildman–Crippen LogP) is 2.04. The quantitative estimate of drug-likeness (QED) is 0.766. The first-order valence-corrected chi connectivity index (χ1v) is 8.44. The van der Waals surface area contributed by atoms with Gasteiger partial charge in [0.25, 0.3) is 5.56 Å². The summed E-state index contributed by atoms with van der Waals surface area (Å²) in [6.45, 7) is -0.0473. The Morgan fingerprint density at radius 3 is 2.88 bits per heavy atom. The van der Waals surface area contributed by atoms with Gasteiger partial charge < -0.3 is 5.11 Å². The van der Waals surface area contributed by atoms with Crippen molar-refractivity contribution < 1.29 is 18.3 Å². The van der Waals surface area contributed by atoms with E-state index in [1.54, 1.807) is 0 Å². The Balaban J connectivity index is 1.71. The second-order valence-corrected chi connectivity index (χ2v) is 6.99. The van der Waals surface area contributed by atoms with E-state index in [0.717, 1.165) is 34.2 Å². The second kappa shape index (κ2) is 5.67. The molecule has 1 aliphatic rings. The van der Waals surface area contributed by atoms with Gasteiger partial charge >= 0.3 is 6.18 Å². The van der Waals surface area contributed by atoms with Gasteiger partial charge in [-0.15, -0.1) is 11.3 Å². The number of nitrogens with zero attached hydrogens (tertiary/aromatic N) is 4. The number of aliphatic hydroxyl groups is 1. The molecule has 6 nitrogen and oxygen atoms in total. The van der Waals surface area contributed by atoms with Crippen LogP contribution in [-0.2, 0) is 19.1 Å².